The fourth-order valence-electron chi connectivity index (χ4n) is 1.64. The molecule has 2 N–H and O–H groups in total. The molecule has 0 spiro atoms. The molecule has 6 heteroatoms. The molecule has 0 saturated heterocycles. The van der Waals surface area contributed by atoms with E-state index in [1.807, 2.05) is 6.07 Å². The van der Waals surface area contributed by atoms with E-state index in [0.717, 1.165) is 0 Å². The molecule has 0 aliphatic carbocycles. The molecular formula is C13H18N2O3S. The Morgan fingerprint density at radius 1 is 1.47 bits per heavy atom. The fourth-order valence-corrected chi connectivity index (χ4v) is 3.21. The molecule has 0 aliphatic heterocycles. The van der Waals surface area contributed by atoms with E-state index < -0.39 is 9.84 Å². The van der Waals surface area contributed by atoms with E-state index in [2.05, 4.69) is 0 Å². The fraction of sp³-hybridized carbons (Fsp3) is 0.462. The summed E-state index contributed by atoms with van der Waals surface area (Å²) in [4.78, 5) is 0. The zero-order valence-electron chi connectivity index (χ0n) is 11.1. The number of hydrogen-bond acceptors (Lipinski definition) is 5. The number of sulfone groups is 1. The van der Waals surface area contributed by atoms with Gasteiger partial charge in [0.15, 0.2) is 9.84 Å². The predicted molar refractivity (Wildman–Crippen MR) is 73.5 cm³/mol. The standard InChI is InChI=1S/C13H18N2O3S/c1-10(15)5-6-19(16,17)9-12-7-11(8-14)3-4-13(12)18-2/h3-4,7,10H,5-6,9,15H2,1-2H3. The SMILES string of the molecule is COc1ccc(C#N)cc1CS(=O)(=O)CCC(C)N. The third-order valence-corrected chi connectivity index (χ3v) is 4.28. The molecule has 0 radical (unpaired) electrons. The van der Waals surface area contributed by atoms with Gasteiger partial charge in [0.05, 0.1) is 30.2 Å². The maximum Gasteiger partial charge on any atom is 0.154 e. The van der Waals surface area contributed by atoms with Crippen LogP contribution in [0.4, 0.5) is 0 Å². The molecule has 0 bridgehead atoms. The van der Waals surface area contributed by atoms with Crippen molar-refractivity contribution < 1.29 is 13.2 Å². The summed E-state index contributed by atoms with van der Waals surface area (Å²) in [5, 5.41) is 8.84. The molecule has 0 fully saturated rings. The van der Waals surface area contributed by atoms with Crippen LogP contribution >= 0.6 is 0 Å². The van der Waals surface area contributed by atoms with Crippen molar-refractivity contribution in [3.63, 3.8) is 0 Å². The summed E-state index contributed by atoms with van der Waals surface area (Å²) in [7, 11) is -1.78. The second-order valence-corrected chi connectivity index (χ2v) is 6.68. The molecule has 0 aliphatic rings. The van der Waals surface area contributed by atoms with Crippen LogP contribution in [0.25, 0.3) is 0 Å². The topological polar surface area (TPSA) is 93.2 Å². The summed E-state index contributed by atoms with van der Waals surface area (Å²) >= 11 is 0. The molecule has 0 aromatic heterocycles. The molecule has 1 unspecified atom stereocenters. The van der Waals surface area contributed by atoms with Gasteiger partial charge in [0.25, 0.3) is 0 Å². The van der Waals surface area contributed by atoms with E-state index in [1.165, 1.54) is 7.11 Å². The summed E-state index contributed by atoms with van der Waals surface area (Å²) in [6, 6.07) is 6.58. The van der Waals surface area contributed by atoms with Crippen LogP contribution in [0, 0.1) is 11.3 Å². The minimum atomic E-state index is -3.26. The average molecular weight is 282 g/mol. The molecule has 0 amide bonds. The van der Waals surface area contributed by atoms with Crippen molar-refractivity contribution >= 4 is 9.84 Å². The van der Waals surface area contributed by atoms with E-state index in [4.69, 9.17) is 15.7 Å². The highest BCUT2D eigenvalue weighted by molar-refractivity contribution is 7.90. The predicted octanol–water partition coefficient (Wildman–Crippen LogP) is 1.22. The number of ether oxygens (including phenoxy) is 1. The van der Waals surface area contributed by atoms with Crippen LogP contribution in [0.2, 0.25) is 0 Å². The first-order valence-electron chi connectivity index (χ1n) is 5.91. The number of rotatable bonds is 6. The van der Waals surface area contributed by atoms with Crippen LogP contribution in [0.5, 0.6) is 5.75 Å². The quantitative estimate of drug-likeness (QED) is 0.846. The molecule has 1 rings (SSSR count). The van der Waals surface area contributed by atoms with E-state index >= 15 is 0 Å². The molecule has 104 valence electrons. The second-order valence-electron chi connectivity index (χ2n) is 4.50. The molecule has 5 nitrogen and oxygen atoms in total. The van der Waals surface area contributed by atoms with Gasteiger partial charge in [-0.05, 0) is 31.5 Å². The van der Waals surface area contributed by atoms with Gasteiger partial charge < -0.3 is 10.5 Å². The Morgan fingerprint density at radius 2 is 2.16 bits per heavy atom. The van der Waals surface area contributed by atoms with E-state index in [9.17, 15) is 8.42 Å². The van der Waals surface area contributed by atoms with Crippen LogP contribution in [-0.4, -0.2) is 27.3 Å². The summed E-state index contributed by atoms with van der Waals surface area (Å²) < 4.78 is 29.1. The zero-order valence-corrected chi connectivity index (χ0v) is 11.9. The van der Waals surface area contributed by atoms with Gasteiger partial charge in [-0.1, -0.05) is 0 Å². The third kappa shape index (κ3) is 4.89. The Balaban J connectivity index is 2.94. The molecule has 1 aromatic rings. The monoisotopic (exact) mass is 282 g/mol. The van der Waals surface area contributed by atoms with Gasteiger partial charge in [-0.25, -0.2) is 8.42 Å². The lowest BCUT2D eigenvalue weighted by Gasteiger charge is -2.10. The number of methoxy groups -OCH3 is 1. The average Bonchev–Trinajstić information content (AvgIpc) is 2.36. The van der Waals surface area contributed by atoms with Crippen molar-refractivity contribution in [3.8, 4) is 11.8 Å². The van der Waals surface area contributed by atoms with Gasteiger partial charge in [-0.15, -0.1) is 0 Å². The number of benzene rings is 1. The minimum absolute atomic E-state index is 0.0323. The van der Waals surface area contributed by atoms with Crippen LogP contribution < -0.4 is 10.5 Å². The molecule has 1 aromatic carbocycles. The Morgan fingerprint density at radius 3 is 2.68 bits per heavy atom. The van der Waals surface area contributed by atoms with Crippen molar-refractivity contribution in [2.45, 2.75) is 25.1 Å². The third-order valence-electron chi connectivity index (χ3n) is 2.67. The maximum absolute atomic E-state index is 12.0. The molecule has 1 atom stereocenters. The lowest BCUT2D eigenvalue weighted by molar-refractivity contribution is 0.411. The number of nitrogens with two attached hydrogens (primary N) is 1. The van der Waals surface area contributed by atoms with Crippen molar-refractivity contribution in [2.24, 2.45) is 5.73 Å². The van der Waals surface area contributed by atoms with Gasteiger partial charge >= 0.3 is 0 Å². The molecule has 19 heavy (non-hydrogen) atoms. The van der Waals surface area contributed by atoms with E-state index in [-0.39, 0.29) is 17.5 Å². The summed E-state index contributed by atoms with van der Waals surface area (Å²) in [5.74, 6) is 0.367. The molecule has 0 saturated carbocycles. The van der Waals surface area contributed by atoms with Gasteiger partial charge in [0.2, 0.25) is 0 Å². The Bertz CT molecular complexity index is 574. The summed E-state index contributed by atoms with van der Waals surface area (Å²) in [5.41, 5.74) is 6.48. The van der Waals surface area contributed by atoms with Gasteiger partial charge in [-0.3, -0.25) is 0 Å². The smallest absolute Gasteiger partial charge is 0.154 e. The van der Waals surface area contributed by atoms with Crippen molar-refractivity contribution in [1.82, 2.24) is 0 Å². The minimum Gasteiger partial charge on any atom is -0.496 e. The highest BCUT2D eigenvalue weighted by Gasteiger charge is 2.16. The first-order valence-corrected chi connectivity index (χ1v) is 7.73. The van der Waals surface area contributed by atoms with Crippen LogP contribution in [0.3, 0.4) is 0 Å². The lowest BCUT2D eigenvalue weighted by atomic mass is 10.1. The molecular weight excluding hydrogens is 264 g/mol. The molecule has 0 heterocycles. The van der Waals surface area contributed by atoms with Gasteiger partial charge in [-0.2, -0.15) is 5.26 Å². The number of nitriles is 1. The van der Waals surface area contributed by atoms with Crippen LogP contribution in [-0.2, 0) is 15.6 Å². The first kappa shape index (κ1) is 15.5. The Labute approximate surface area is 113 Å². The Kier molecular flexibility index (Phi) is 5.33. The van der Waals surface area contributed by atoms with E-state index in [1.54, 1.807) is 25.1 Å². The second kappa shape index (κ2) is 6.55. The summed E-state index contributed by atoms with van der Waals surface area (Å²) in [6.45, 7) is 1.77. The maximum atomic E-state index is 12.0. The zero-order chi connectivity index (χ0) is 14.5. The number of nitrogens with zero attached hydrogens (tertiary/aromatic N) is 1. The normalized spacial score (nSPS) is 12.7. The van der Waals surface area contributed by atoms with E-state index in [0.29, 0.717) is 23.3 Å². The highest BCUT2D eigenvalue weighted by Crippen LogP contribution is 2.22. The van der Waals surface area contributed by atoms with Gasteiger partial charge in [0.1, 0.15) is 5.75 Å². The highest BCUT2D eigenvalue weighted by atomic mass is 32.2. The number of hydrogen-bond donors (Lipinski definition) is 1. The van der Waals surface area contributed by atoms with Crippen molar-refractivity contribution in [3.05, 3.63) is 29.3 Å². The van der Waals surface area contributed by atoms with Crippen LogP contribution in [0.1, 0.15) is 24.5 Å². The summed E-state index contributed by atoms with van der Waals surface area (Å²) in [6.07, 6.45) is 0.419. The van der Waals surface area contributed by atoms with Crippen molar-refractivity contribution in [1.29, 1.82) is 5.26 Å². The van der Waals surface area contributed by atoms with Crippen molar-refractivity contribution in [2.75, 3.05) is 12.9 Å². The largest absolute Gasteiger partial charge is 0.496 e. The lowest BCUT2D eigenvalue weighted by Crippen LogP contribution is -2.21. The van der Waals surface area contributed by atoms with Gasteiger partial charge in [0, 0.05) is 11.6 Å². The first-order chi connectivity index (χ1) is 8.88. The van der Waals surface area contributed by atoms with Crippen LogP contribution in [0.15, 0.2) is 18.2 Å². The Hall–Kier alpha value is -1.58.